The molecule has 0 bridgehead atoms. The molecule has 0 unspecified atom stereocenters. The van der Waals surface area contributed by atoms with E-state index in [4.69, 9.17) is 4.98 Å². The number of aryl methyl sites for hydroxylation is 1. The van der Waals surface area contributed by atoms with Crippen LogP contribution < -0.4 is 10.6 Å². The molecule has 2 aliphatic rings. The van der Waals surface area contributed by atoms with E-state index in [-0.39, 0.29) is 0 Å². The molecule has 2 aliphatic heterocycles. The molecule has 3 aromatic heterocycles. The largest absolute Gasteiger partial charge is 0.341 e. The molecule has 4 N–H and O–H groups in total. The van der Waals surface area contributed by atoms with Crippen LogP contribution in [0.15, 0.2) is 42.6 Å². The maximum atomic E-state index is 4.99. The van der Waals surface area contributed by atoms with Crippen molar-refractivity contribution in [1.82, 2.24) is 30.6 Å². The molecule has 172 valence electrons. The van der Waals surface area contributed by atoms with E-state index in [2.05, 4.69) is 68.9 Å². The van der Waals surface area contributed by atoms with E-state index < -0.39 is 0 Å². The third kappa shape index (κ3) is 3.38. The fourth-order valence-electron chi connectivity index (χ4n) is 5.50. The van der Waals surface area contributed by atoms with Gasteiger partial charge in [-0.1, -0.05) is 18.2 Å². The van der Waals surface area contributed by atoms with Gasteiger partial charge in [-0.05, 0) is 80.4 Å². The first-order valence-corrected chi connectivity index (χ1v) is 13.1. The summed E-state index contributed by atoms with van der Waals surface area (Å²) in [4.78, 5) is 19.3. The second kappa shape index (κ2) is 8.05. The molecule has 6 nitrogen and oxygen atoms in total. The molecule has 0 aliphatic carbocycles. The van der Waals surface area contributed by atoms with E-state index in [9.17, 15) is 0 Å². The van der Waals surface area contributed by atoms with Gasteiger partial charge in [0.25, 0.3) is 0 Å². The lowest BCUT2D eigenvalue weighted by atomic mass is 10.0. The number of fused-ring (bicyclic) bond motifs is 3. The van der Waals surface area contributed by atoms with Crippen molar-refractivity contribution in [2.45, 2.75) is 44.7 Å². The standard InChI is InChI=1S/C27H28N6S/c1-15-12-23(22-14-30-26(32-22)20-4-2-10-28-20)34-25(15)17-6-8-18-16(13-17)7-9-19-24(18)33-27(31-19)21-5-3-11-29-21/h6-9,12-14,20-21,28-29H,2-5,10-11H2,1H3,(H,30,32)(H,31,33)/t20-,21-/m0/s1. The van der Waals surface area contributed by atoms with Gasteiger partial charge in [-0.2, -0.15) is 0 Å². The highest BCUT2D eigenvalue weighted by molar-refractivity contribution is 7.19. The van der Waals surface area contributed by atoms with Crippen LogP contribution in [0.4, 0.5) is 0 Å². The van der Waals surface area contributed by atoms with Crippen LogP contribution in [0, 0.1) is 6.92 Å². The summed E-state index contributed by atoms with van der Waals surface area (Å²) < 4.78 is 0. The molecule has 2 atom stereocenters. The van der Waals surface area contributed by atoms with Crippen molar-refractivity contribution in [2.75, 3.05) is 13.1 Å². The fourth-order valence-corrected chi connectivity index (χ4v) is 6.64. The van der Waals surface area contributed by atoms with Gasteiger partial charge in [-0.3, -0.25) is 0 Å². The predicted molar refractivity (Wildman–Crippen MR) is 139 cm³/mol. The van der Waals surface area contributed by atoms with Crippen LogP contribution in [0.5, 0.6) is 0 Å². The number of benzene rings is 2. The van der Waals surface area contributed by atoms with Gasteiger partial charge in [0.15, 0.2) is 0 Å². The topological polar surface area (TPSA) is 81.4 Å². The quantitative estimate of drug-likeness (QED) is 0.261. The van der Waals surface area contributed by atoms with Crippen LogP contribution in [-0.2, 0) is 0 Å². The second-order valence-corrected chi connectivity index (χ2v) is 10.7. The Bertz CT molecular complexity index is 1500. The van der Waals surface area contributed by atoms with Crippen LogP contribution in [0.1, 0.15) is 55.0 Å². The Balaban J connectivity index is 1.23. The van der Waals surface area contributed by atoms with Gasteiger partial charge in [0, 0.05) is 10.3 Å². The van der Waals surface area contributed by atoms with Gasteiger partial charge in [-0.15, -0.1) is 11.3 Å². The summed E-state index contributed by atoms with van der Waals surface area (Å²) in [5.74, 6) is 2.12. The first-order chi connectivity index (χ1) is 16.7. The number of hydrogen-bond donors (Lipinski definition) is 4. The van der Waals surface area contributed by atoms with E-state index in [1.165, 1.54) is 44.5 Å². The Morgan fingerprint density at radius 1 is 0.912 bits per heavy atom. The number of hydrogen-bond acceptors (Lipinski definition) is 5. The number of H-pyrrole nitrogens is 2. The van der Waals surface area contributed by atoms with Crippen molar-refractivity contribution in [3.05, 3.63) is 59.8 Å². The van der Waals surface area contributed by atoms with Crippen molar-refractivity contribution >= 4 is 33.1 Å². The minimum atomic E-state index is 0.348. The number of thiophene rings is 1. The zero-order chi connectivity index (χ0) is 22.6. The Kier molecular flexibility index (Phi) is 4.82. The third-order valence-electron chi connectivity index (χ3n) is 7.31. The highest BCUT2D eigenvalue weighted by Gasteiger charge is 2.21. The van der Waals surface area contributed by atoms with Crippen molar-refractivity contribution in [3.8, 4) is 21.0 Å². The Hall–Kier alpha value is -3.00. The fraction of sp³-hybridized carbons (Fsp3) is 0.333. The first-order valence-electron chi connectivity index (χ1n) is 12.3. The zero-order valence-electron chi connectivity index (χ0n) is 19.2. The van der Waals surface area contributed by atoms with E-state index in [0.29, 0.717) is 12.1 Å². The van der Waals surface area contributed by atoms with Gasteiger partial charge < -0.3 is 20.6 Å². The van der Waals surface area contributed by atoms with Gasteiger partial charge >= 0.3 is 0 Å². The average molecular weight is 469 g/mol. The lowest BCUT2D eigenvalue weighted by molar-refractivity contribution is 0.613. The van der Waals surface area contributed by atoms with Crippen molar-refractivity contribution in [1.29, 1.82) is 0 Å². The first kappa shape index (κ1) is 20.4. The molecule has 5 aromatic rings. The number of aromatic nitrogens is 4. The van der Waals surface area contributed by atoms with Crippen molar-refractivity contribution in [2.24, 2.45) is 0 Å². The van der Waals surface area contributed by atoms with Crippen LogP contribution in [0.3, 0.4) is 0 Å². The lowest BCUT2D eigenvalue weighted by Crippen LogP contribution is -2.14. The molecule has 34 heavy (non-hydrogen) atoms. The van der Waals surface area contributed by atoms with Gasteiger partial charge in [0.1, 0.15) is 11.6 Å². The van der Waals surface area contributed by atoms with E-state index in [1.54, 1.807) is 0 Å². The van der Waals surface area contributed by atoms with E-state index >= 15 is 0 Å². The number of rotatable bonds is 4. The zero-order valence-corrected chi connectivity index (χ0v) is 20.1. The number of nitrogens with zero attached hydrogens (tertiary/aromatic N) is 2. The molecular weight excluding hydrogens is 440 g/mol. The highest BCUT2D eigenvalue weighted by Crippen LogP contribution is 2.39. The number of imidazole rings is 2. The molecule has 0 spiro atoms. The molecule has 7 heteroatoms. The van der Waals surface area contributed by atoms with Crippen molar-refractivity contribution < 1.29 is 0 Å². The smallest absolute Gasteiger partial charge is 0.124 e. The molecule has 2 aromatic carbocycles. The van der Waals surface area contributed by atoms with Crippen LogP contribution >= 0.6 is 11.3 Å². The SMILES string of the molecule is Cc1cc(-c2cnc([C@@H]3CCCN3)[nH]2)sc1-c1ccc2c(ccc3[nH]c([C@@H]4CCCN4)nc32)c1. The van der Waals surface area contributed by atoms with Gasteiger partial charge in [0.2, 0.25) is 0 Å². The summed E-state index contributed by atoms with van der Waals surface area (Å²) >= 11 is 1.83. The molecule has 0 amide bonds. The van der Waals surface area contributed by atoms with Gasteiger partial charge in [0.05, 0.1) is 39.9 Å². The van der Waals surface area contributed by atoms with Crippen LogP contribution in [-0.4, -0.2) is 33.0 Å². The summed E-state index contributed by atoms with van der Waals surface area (Å²) in [5, 5.41) is 9.51. The summed E-state index contributed by atoms with van der Waals surface area (Å²) in [7, 11) is 0. The Morgan fingerprint density at radius 2 is 1.74 bits per heavy atom. The third-order valence-corrected chi connectivity index (χ3v) is 8.63. The number of nitrogens with one attached hydrogen (secondary N) is 4. The maximum absolute atomic E-state index is 4.99. The van der Waals surface area contributed by atoms with Gasteiger partial charge in [-0.25, -0.2) is 9.97 Å². The Morgan fingerprint density at radius 3 is 2.53 bits per heavy atom. The molecule has 7 rings (SSSR count). The predicted octanol–water partition coefficient (Wildman–Crippen LogP) is 5.99. The average Bonchev–Trinajstić information content (AvgIpc) is 3.66. The molecule has 2 fully saturated rings. The van der Waals surface area contributed by atoms with E-state index in [1.807, 2.05) is 17.5 Å². The molecule has 0 saturated carbocycles. The molecular formula is C27H28N6S. The van der Waals surface area contributed by atoms with Crippen LogP contribution in [0.25, 0.3) is 42.8 Å². The minimum absolute atomic E-state index is 0.348. The summed E-state index contributed by atoms with van der Waals surface area (Å²) in [6.07, 6.45) is 6.72. The Labute approximate surface area is 202 Å². The highest BCUT2D eigenvalue weighted by atomic mass is 32.1. The maximum Gasteiger partial charge on any atom is 0.124 e. The second-order valence-electron chi connectivity index (χ2n) is 9.62. The minimum Gasteiger partial charge on any atom is -0.341 e. The van der Waals surface area contributed by atoms with Crippen molar-refractivity contribution in [3.63, 3.8) is 0 Å². The molecule has 5 heterocycles. The van der Waals surface area contributed by atoms with Crippen LogP contribution in [0.2, 0.25) is 0 Å². The molecule has 0 radical (unpaired) electrons. The number of aromatic amines is 2. The normalized spacial score (nSPS) is 20.7. The van der Waals surface area contributed by atoms with E-state index in [0.717, 1.165) is 54.3 Å². The molecule has 2 saturated heterocycles. The summed E-state index contributed by atoms with van der Waals surface area (Å²) in [5.41, 5.74) is 5.85. The monoisotopic (exact) mass is 468 g/mol. The summed E-state index contributed by atoms with van der Waals surface area (Å²) in [6, 6.07) is 14.2. The lowest BCUT2D eigenvalue weighted by Gasteiger charge is -2.05. The summed E-state index contributed by atoms with van der Waals surface area (Å²) in [6.45, 7) is 4.35.